The maximum Gasteiger partial charge on any atom is 0.349 e. The minimum absolute atomic E-state index is 0.133. The number of nitrogens with one attached hydrogen (secondary N) is 1. The Balaban J connectivity index is 1.47. The number of aliphatic carboxylic acids is 1. The Morgan fingerprint density at radius 2 is 1.91 bits per heavy atom. The van der Waals surface area contributed by atoms with Gasteiger partial charge in [-0.15, -0.1) is 0 Å². The molecule has 0 spiro atoms. The van der Waals surface area contributed by atoms with Crippen molar-refractivity contribution < 1.29 is 14.3 Å². The van der Waals surface area contributed by atoms with Gasteiger partial charge in [-0.2, -0.15) is 0 Å². The van der Waals surface area contributed by atoms with Crippen molar-refractivity contribution in [2.45, 2.75) is 61.8 Å². The first-order valence-electron chi connectivity index (χ1n) is 11.3. The number of carboxylic acid groups (broad SMARTS) is 1. The van der Waals surface area contributed by atoms with Gasteiger partial charge in [0.1, 0.15) is 5.82 Å². The number of hydrogen-bond donors (Lipinski definition) is 2. The molecule has 6 heteroatoms. The fourth-order valence-corrected chi connectivity index (χ4v) is 6.02. The molecule has 2 aliphatic carbocycles. The third-order valence-electron chi connectivity index (χ3n) is 7.39. The van der Waals surface area contributed by atoms with Gasteiger partial charge in [-0.25, -0.2) is 9.18 Å². The third-order valence-corrected chi connectivity index (χ3v) is 7.39. The molecule has 0 saturated heterocycles. The van der Waals surface area contributed by atoms with Gasteiger partial charge in [-0.3, -0.25) is 4.99 Å². The molecule has 3 aliphatic rings. The molecule has 5 nitrogen and oxygen atoms in total. The summed E-state index contributed by atoms with van der Waals surface area (Å²) in [6, 6.07) is 16.8. The van der Waals surface area contributed by atoms with E-state index >= 15 is 0 Å². The molecule has 0 aromatic heterocycles. The number of carbonyl (C=O) groups is 1. The average Bonchev–Trinajstić information content (AvgIpc) is 3.09. The van der Waals surface area contributed by atoms with E-state index in [1.807, 2.05) is 41.4 Å². The lowest BCUT2D eigenvalue weighted by Gasteiger charge is -2.48. The molecule has 4 atom stereocenters. The molecule has 166 valence electrons. The van der Waals surface area contributed by atoms with Crippen LogP contribution in [-0.4, -0.2) is 39.4 Å². The van der Waals surface area contributed by atoms with Crippen molar-refractivity contribution in [2.24, 2.45) is 4.99 Å². The molecule has 0 amide bonds. The lowest BCUT2D eigenvalue weighted by molar-refractivity contribution is -0.144. The van der Waals surface area contributed by atoms with E-state index in [0.29, 0.717) is 0 Å². The average molecular weight is 434 g/mol. The molecule has 2 bridgehead atoms. The Morgan fingerprint density at radius 3 is 2.69 bits per heavy atom. The van der Waals surface area contributed by atoms with Crippen LogP contribution in [0.1, 0.15) is 55.7 Å². The maximum atomic E-state index is 14.1. The van der Waals surface area contributed by atoms with E-state index in [2.05, 4.69) is 22.4 Å². The van der Waals surface area contributed by atoms with Crippen LogP contribution in [0.15, 0.2) is 71.9 Å². The first-order chi connectivity index (χ1) is 15.5. The number of hydrogen-bond acceptors (Lipinski definition) is 4. The lowest BCUT2D eigenvalue weighted by Crippen LogP contribution is -2.57. The quantitative estimate of drug-likeness (QED) is 0.695. The summed E-state index contributed by atoms with van der Waals surface area (Å²) in [4.78, 5) is 18.1. The van der Waals surface area contributed by atoms with Crippen LogP contribution in [0.5, 0.6) is 0 Å². The van der Waals surface area contributed by atoms with Crippen LogP contribution >= 0.6 is 0 Å². The summed E-state index contributed by atoms with van der Waals surface area (Å²) in [5, 5.41) is 13.7. The van der Waals surface area contributed by atoms with Crippen molar-refractivity contribution in [3.63, 3.8) is 0 Å². The van der Waals surface area contributed by atoms with Gasteiger partial charge in [-0.05, 0) is 67.9 Å². The van der Waals surface area contributed by atoms with Crippen LogP contribution in [0.3, 0.4) is 0 Å². The van der Waals surface area contributed by atoms with Crippen LogP contribution in [-0.2, 0) is 4.79 Å². The zero-order chi connectivity index (χ0) is 22.2. The van der Waals surface area contributed by atoms with E-state index in [-0.39, 0.29) is 22.9 Å². The molecule has 32 heavy (non-hydrogen) atoms. The molecule has 2 fully saturated rings. The van der Waals surface area contributed by atoms with Crippen LogP contribution in [0.25, 0.3) is 0 Å². The van der Waals surface area contributed by atoms with Gasteiger partial charge in [0.2, 0.25) is 6.17 Å². The summed E-state index contributed by atoms with van der Waals surface area (Å²) < 4.78 is 14.1. The van der Waals surface area contributed by atoms with E-state index in [4.69, 9.17) is 0 Å². The molecular weight excluding hydrogens is 405 g/mol. The standard InChI is InChI=1S/C26H28FN3O2/c27-21-10-4-9-20(17-21)22(19-7-2-1-3-8-19)29-25-11-5-12-26(18-25,14-13-25)30-16-6-15-28-23(30)24(31)32/h1-4,6-10,15-17,22-23,29H,5,11-14,18H2,(H,31,32). The van der Waals surface area contributed by atoms with Gasteiger partial charge in [0.15, 0.2) is 0 Å². The van der Waals surface area contributed by atoms with Crippen molar-refractivity contribution >= 4 is 12.2 Å². The van der Waals surface area contributed by atoms with Gasteiger partial charge in [0.05, 0.1) is 6.04 Å². The highest BCUT2D eigenvalue weighted by Crippen LogP contribution is 2.53. The minimum atomic E-state index is -0.919. The Hall–Kier alpha value is -2.99. The van der Waals surface area contributed by atoms with Crippen molar-refractivity contribution in [1.82, 2.24) is 10.2 Å². The number of aliphatic imine (C=N–C) groups is 1. The van der Waals surface area contributed by atoms with Gasteiger partial charge < -0.3 is 15.3 Å². The largest absolute Gasteiger partial charge is 0.478 e. The molecule has 1 aliphatic heterocycles. The van der Waals surface area contributed by atoms with E-state index < -0.39 is 12.1 Å². The molecule has 4 unspecified atom stereocenters. The topological polar surface area (TPSA) is 64.9 Å². The van der Waals surface area contributed by atoms with Crippen molar-refractivity contribution in [1.29, 1.82) is 0 Å². The number of fused-ring (bicyclic) bond motifs is 2. The van der Waals surface area contributed by atoms with Crippen LogP contribution in [0, 0.1) is 5.82 Å². The van der Waals surface area contributed by atoms with Gasteiger partial charge >= 0.3 is 5.97 Å². The van der Waals surface area contributed by atoms with Crippen LogP contribution < -0.4 is 5.32 Å². The van der Waals surface area contributed by atoms with Gasteiger partial charge in [0, 0.05) is 23.5 Å². The van der Waals surface area contributed by atoms with Gasteiger partial charge in [-0.1, -0.05) is 42.5 Å². The minimum Gasteiger partial charge on any atom is -0.478 e. The number of halogens is 1. The number of benzene rings is 2. The van der Waals surface area contributed by atoms with Crippen molar-refractivity contribution in [3.05, 3.63) is 83.8 Å². The predicted molar refractivity (Wildman–Crippen MR) is 122 cm³/mol. The van der Waals surface area contributed by atoms with Crippen LogP contribution in [0.2, 0.25) is 0 Å². The fourth-order valence-electron chi connectivity index (χ4n) is 6.02. The highest BCUT2D eigenvalue weighted by Gasteiger charge is 2.55. The maximum absolute atomic E-state index is 14.1. The van der Waals surface area contributed by atoms with E-state index in [1.165, 1.54) is 6.07 Å². The van der Waals surface area contributed by atoms with Crippen LogP contribution in [0.4, 0.5) is 4.39 Å². The Kier molecular flexibility index (Phi) is 5.33. The number of nitrogens with zero attached hydrogens (tertiary/aromatic N) is 2. The highest BCUT2D eigenvalue weighted by atomic mass is 19.1. The first kappa shape index (κ1) is 20.9. The second kappa shape index (κ2) is 8.17. The first-order valence-corrected chi connectivity index (χ1v) is 11.3. The number of allylic oxidation sites excluding steroid dienone is 1. The molecule has 0 radical (unpaired) electrons. The number of carboxylic acids is 1. The summed E-state index contributed by atoms with van der Waals surface area (Å²) in [5.74, 6) is -1.16. The predicted octanol–water partition coefficient (Wildman–Crippen LogP) is 4.66. The zero-order valence-electron chi connectivity index (χ0n) is 18.0. The molecule has 1 heterocycles. The molecule has 2 N–H and O–H groups in total. The summed E-state index contributed by atoms with van der Waals surface area (Å²) in [5.41, 5.74) is 1.63. The second-order valence-corrected chi connectivity index (χ2v) is 9.34. The summed E-state index contributed by atoms with van der Waals surface area (Å²) in [6.45, 7) is 0. The monoisotopic (exact) mass is 433 g/mol. The van der Waals surface area contributed by atoms with Crippen molar-refractivity contribution in [3.8, 4) is 0 Å². The smallest absolute Gasteiger partial charge is 0.349 e. The second-order valence-electron chi connectivity index (χ2n) is 9.34. The molecule has 2 saturated carbocycles. The normalized spacial score (nSPS) is 29.8. The van der Waals surface area contributed by atoms with Crippen molar-refractivity contribution in [2.75, 3.05) is 0 Å². The van der Waals surface area contributed by atoms with E-state index in [1.54, 1.807) is 18.3 Å². The Bertz CT molecular complexity index is 1060. The number of rotatable bonds is 6. The molecule has 2 aromatic rings. The lowest BCUT2D eigenvalue weighted by atomic mass is 9.76. The summed E-state index contributed by atoms with van der Waals surface area (Å²) in [7, 11) is 0. The Labute approximate surface area is 187 Å². The molecular formula is C26H28FN3O2. The molecule has 2 aromatic carbocycles. The van der Waals surface area contributed by atoms with Gasteiger partial charge in [0.25, 0.3) is 0 Å². The summed E-state index contributed by atoms with van der Waals surface area (Å²) >= 11 is 0. The SMILES string of the molecule is O=C(O)C1N=CC=CN1C12CCCC(NC(c3ccccc3)c3cccc(F)c3)(CC1)C2. The van der Waals surface area contributed by atoms with E-state index in [0.717, 1.165) is 49.7 Å². The molecule has 5 rings (SSSR count). The zero-order valence-corrected chi connectivity index (χ0v) is 18.0. The van der Waals surface area contributed by atoms with E-state index in [9.17, 15) is 14.3 Å². The fraction of sp³-hybridized carbons (Fsp3) is 0.385. The highest BCUT2D eigenvalue weighted by molar-refractivity contribution is 5.80. The Morgan fingerprint density at radius 1 is 1.09 bits per heavy atom. The third kappa shape index (κ3) is 3.73. The summed E-state index contributed by atoms with van der Waals surface area (Å²) in [6.07, 6.45) is 10.1.